The Balaban J connectivity index is 0.000000891. The molecule has 136 valence electrons. The minimum absolute atomic E-state index is 0.357. The van der Waals surface area contributed by atoms with Crippen LogP contribution in [0.2, 0.25) is 0 Å². The molecular formula is C18H29NO4S. The van der Waals surface area contributed by atoms with Crippen molar-refractivity contribution in [3.05, 3.63) is 29.8 Å². The lowest BCUT2D eigenvalue weighted by molar-refractivity contribution is -0.129. The van der Waals surface area contributed by atoms with E-state index in [9.17, 15) is 13.2 Å². The summed E-state index contributed by atoms with van der Waals surface area (Å²) in [5.74, 6) is 0.425. The van der Waals surface area contributed by atoms with Crippen LogP contribution in [0.1, 0.15) is 45.1 Å². The second kappa shape index (κ2) is 10.5. The normalized spacial score (nSPS) is 16.1. The highest BCUT2D eigenvalue weighted by atomic mass is 32.2. The molecule has 1 aliphatic heterocycles. The third-order valence-corrected chi connectivity index (χ3v) is 5.86. The largest absolute Gasteiger partial charge is 0.468 e. The first-order valence-electron chi connectivity index (χ1n) is 8.57. The fraction of sp³-hybridized carbons (Fsp3) is 0.611. The van der Waals surface area contributed by atoms with Gasteiger partial charge >= 0.3 is 0 Å². The van der Waals surface area contributed by atoms with Crippen LogP contribution in [0.4, 0.5) is 0 Å². The molecule has 0 radical (unpaired) electrons. The number of hydrogen-bond acceptors (Lipinski definition) is 4. The van der Waals surface area contributed by atoms with Crippen molar-refractivity contribution in [3.63, 3.8) is 0 Å². The van der Waals surface area contributed by atoms with Crippen molar-refractivity contribution in [2.75, 3.05) is 19.7 Å². The molecule has 0 atom stereocenters. The van der Waals surface area contributed by atoms with E-state index >= 15 is 0 Å². The summed E-state index contributed by atoms with van der Waals surface area (Å²) < 4.78 is 31.3. The average Bonchev–Trinajstić information content (AvgIpc) is 2.57. The molecule has 0 N–H and O–H groups in total. The maximum atomic E-state index is 12.5. The summed E-state index contributed by atoms with van der Waals surface area (Å²) in [5, 5.41) is 0. The van der Waals surface area contributed by atoms with Gasteiger partial charge in [0.05, 0.1) is 11.5 Å². The Morgan fingerprint density at radius 1 is 1.17 bits per heavy atom. The summed E-state index contributed by atoms with van der Waals surface area (Å²) in [6.45, 7) is 8.11. The smallest absolute Gasteiger partial charge is 0.293 e. The molecule has 1 aromatic carbocycles. The number of hydrogen-bond donors (Lipinski definition) is 0. The molecule has 5 nitrogen and oxygen atoms in total. The first-order valence-corrected chi connectivity index (χ1v) is 10.0. The van der Waals surface area contributed by atoms with E-state index in [-0.39, 0.29) is 0 Å². The standard InChI is InChI=1S/C15H21NO4S.C3H8/c1-13-2-4-15(5-3-13)21(18,19)16-9-6-14(7-10-16)8-11-20-12-17;1-3-2/h2-5,12,14H,6-11H2,1H3;3H2,1-2H3. The van der Waals surface area contributed by atoms with Crippen molar-refractivity contribution in [1.82, 2.24) is 4.31 Å². The monoisotopic (exact) mass is 355 g/mol. The highest BCUT2D eigenvalue weighted by molar-refractivity contribution is 7.89. The molecule has 6 heteroatoms. The summed E-state index contributed by atoms with van der Waals surface area (Å²) in [4.78, 5) is 10.5. The van der Waals surface area contributed by atoms with E-state index in [0.29, 0.717) is 37.0 Å². The van der Waals surface area contributed by atoms with Crippen molar-refractivity contribution >= 4 is 16.5 Å². The third-order valence-electron chi connectivity index (χ3n) is 3.94. The predicted octanol–water partition coefficient (Wildman–Crippen LogP) is 3.38. The van der Waals surface area contributed by atoms with Crippen LogP contribution >= 0.6 is 0 Å². The number of carbonyl (C=O) groups excluding carboxylic acids is 1. The molecule has 0 saturated carbocycles. The van der Waals surface area contributed by atoms with Crippen LogP contribution in [0.15, 0.2) is 29.2 Å². The number of rotatable bonds is 6. The van der Waals surface area contributed by atoms with Gasteiger partial charge < -0.3 is 4.74 Å². The van der Waals surface area contributed by atoms with Gasteiger partial charge in [-0.15, -0.1) is 0 Å². The van der Waals surface area contributed by atoms with Crippen molar-refractivity contribution in [1.29, 1.82) is 0 Å². The average molecular weight is 356 g/mol. The molecule has 0 amide bonds. The van der Waals surface area contributed by atoms with Crippen LogP contribution in [-0.2, 0) is 19.6 Å². The van der Waals surface area contributed by atoms with Crippen molar-refractivity contribution < 1.29 is 17.9 Å². The maximum Gasteiger partial charge on any atom is 0.293 e. The topological polar surface area (TPSA) is 63.7 Å². The van der Waals surface area contributed by atoms with E-state index in [0.717, 1.165) is 24.8 Å². The fourth-order valence-electron chi connectivity index (χ4n) is 2.58. The van der Waals surface area contributed by atoms with Crippen LogP contribution in [0.25, 0.3) is 0 Å². The lowest BCUT2D eigenvalue weighted by atomic mass is 9.95. The molecule has 2 rings (SSSR count). The minimum Gasteiger partial charge on any atom is -0.468 e. The van der Waals surface area contributed by atoms with E-state index in [2.05, 4.69) is 13.8 Å². The van der Waals surface area contributed by atoms with Crippen molar-refractivity contribution in [2.24, 2.45) is 5.92 Å². The van der Waals surface area contributed by atoms with Crippen molar-refractivity contribution in [2.45, 2.75) is 51.3 Å². The molecule has 0 unspecified atom stereocenters. The Labute approximate surface area is 146 Å². The van der Waals surface area contributed by atoms with E-state index in [4.69, 9.17) is 4.74 Å². The maximum absolute atomic E-state index is 12.5. The van der Waals surface area contributed by atoms with Gasteiger partial charge in [0, 0.05) is 13.1 Å². The van der Waals surface area contributed by atoms with Gasteiger partial charge in [-0.3, -0.25) is 4.79 Å². The zero-order valence-electron chi connectivity index (χ0n) is 14.9. The van der Waals surface area contributed by atoms with Gasteiger partial charge in [0.2, 0.25) is 10.0 Å². The number of carbonyl (C=O) groups is 1. The first-order chi connectivity index (χ1) is 11.5. The summed E-state index contributed by atoms with van der Waals surface area (Å²) in [5.41, 5.74) is 1.04. The molecule has 1 aromatic rings. The van der Waals surface area contributed by atoms with Crippen LogP contribution in [0.5, 0.6) is 0 Å². The number of sulfonamides is 1. The van der Waals surface area contributed by atoms with Gasteiger partial charge in [-0.2, -0.15) is 4.31 Å². The SMILES string of the molecule is CCC.Cc1ccc(S(=O)(=O)N2CCC(CCOC=O)CC2)cc1. The number of benzene rings is 1. The third kappa shape index (κ3) is 6.24. The highest BCUT2D eigenvalue weighted by Gasteiger charge is 2.29. The molecule has 1 aliphatic rings. The zero-order valence-corrected chi connectivity index (χ0v) is 15.7. The van der Waals surface area contributed by atoms with Crippen molar-refractivity contribution in [3.8, 4) is 0 Å². The molecular weight excluding hydrogens is 326 g/mol. The Morgan fingerprint density at radius 2 is 1.71 bits per heavy atom. The molecule has 0 aliphatic carbocycles. The summed E-state index contributed by atoms with van der Waals surface area (Å²) in [6, 6.07) is 6.95. The van der Waals surface area contributed by atoms with Gasteiger partial charge in [0.1, 0.15) is 0 Å². The number of ether oxygens (including phenoxy) is 1. The van der Waals surface area contributed by atoms with Crippen LogP contribution < -0.4 is 0 Å². The molecule has 0 aromatic heterocycles. The lowest BCUT2D eigenvalue weighted by Crippen LogP contribution is -2.38. The van der Waals surface area contributed by atoms with E-state index < -0.39 is 10.0 Å². The van der Waals surface area contributed by atoms with E-state index in [1.54, 1.807) is 16.4 Å². The lowest BCUT2D eigenvalue weighted by Gasteiger charge is -2.31. The van der Waals surface area contributed by atoms with Crippen LogP contribution in [0, 0.1) is 12.8 Å². The second-order valence-corrected chi connectivity index (χ2v) is 8.06. The minimum atomic E-state index is -3.38. The fourth-order valence-corrected chi connectivity index (χ4v) is 4.05. The summed E-state index contributed by atoms with van der Waals surface area (Å²) in [6.07, 6.45) is 3.68. The molecule has 0 spiro atoms. The van der Waals surface area contributed by atoms with Gasteiger partial charge in [-0.05, 0) is 44.2 Å². The Kier molecular flexibility index (Phi) is 9.00. The predicted molar refractivity (Wildman–Crippen MR) is 95.3 cm³/mol. The second-order valence-electron chi connectivity index (χ2n) is 6.12. The molecule has 1 heterocycles. The Bertz CT molecular complexity index is 576. The zero-order chi connectivity index (χ0) is 18.0. The first kappa shape index (κ1) is 20.6. The number of nitrogens with zero attached hydrogens (tertiary/aromatic N) is 1. The van der Waals surface area contributed by atoms with Gasteiger partial charge in [0.15, 0.2) is 0 Å². The quantitative estimate of drug-likeness (QED) is 0.580. The van der Waals surface area contributed by atoms with Crippen LogP contribution in [-0.4, -0.2) is 38.9 Å². The summed E-state index contributed by atoms with van der Waals surface area (Å²) in [7, 11) is -3.38. The number of piperidine rings is 1. The molecule has 1 fully saturated rings. The Hall–Kier alpha value is -1.40. The van der Waals surface area contributed by atoms with Gasteiger partial charge in [-0.1, -0.05) is 38.0 Å². The summed E-state index contributed by atoms with van der Waals surface area (Å²) >= 11 is 0. The van der Waals surface area contributed by atoms with Gasteiger partial charge in [-0.25, -0.2) is 8.42 Å². The number of aryl methyl sites for hydroxylation is 1. The molecule has 24 heavy (non-hydrogen) atoms. The molecule has 1 saturated heterocycles. The van der Waals surface area contributed by atoms with E-state index in [1.807, 2.05) is 19.1 Å². The van der Waals surface area contributed by atoms with Crippen LogP contribution in [0.3, 0.4) is 0 Å². The van der Waals surface area contributed by atoms with E-state index in [1.165, 1.54) is 6.42 Å². The Morgan fingerprint density at radius 3 is 2.21 bits per heavy atom. The molecule has 0 bridgehead atoms. The van der Waals surface area contributed by atoms with Gasteiger partial charge in [0.25, 0.3) is 6.47 Å². The highest BCUT2D eigenvalue weighted by Crippen LogP contribution is 2.25.